The lowest BCUT2D eigenvalue weighted by atomic mass is 10.4. The molecule has 0 fully saturated rings. The van der Waals surface area contributed by atoms with Crippen LogP contribution in [0.3, 0.4) is 0 Å². The Labute approximate surface area is 61.7 Å². The Morgan fingerprint density at radius 2 is 2.20 bits per heavy atom. The molecule has 1 heterocycles. The average Bonchev–Trinajstić information content (AvgIpc) is 2.46. The van der Waals surface area contributed by atoms with Crippen LogP contribution in [0.25, 0.3) is 0 Å². The molecule has 0 atom stereocenters. The van der Waals surface area contributed by atoms with Crippen LogP contribution in [0.2, 0.25) is 0 Å². The van der Waals surface area contributed by atoms with E-state index >= 15 is 0 Å². The van der Waals surface area contributed by atoms with Gasteiger partial charge in [-0.2, -0.15) is 5.10 Å². The van der Waals surface area contributed by atoms with E-state index in [1.165, 1.54) is 0 Å². The summed E-state index contributed by atoms with van der Waals surface area (Å²) in [7, 11) is 0. The van der Waals surface area contributed by atoms with Gasteiger partial charge in [-0.1, -0.05) is 19.8 Å². The SMILES string of the molecule is CC.CC#Cc1cn[nH]c1. The Kier molecular flexibility index (Phi) is 5.17. The van der Waals surface area contributed by atoms with Gasteiger partial charge in [0, 0.05) is 6.20 Å². The number of hydrogen-bond donors (Lipinski definition) is 1. The van der Waals surface area contributed by atoms with Crippen LogP contribution in [0.15, 0.2) is 12.4 Å². The van der Waals surface area contributed by atoms with Crippen molar-refractivity contribution in [2.24, 2.45) is 0 Å². The van der Waals surface area contributed by atoms with Crippen LogP contribution in [-0.2, 0) is 0 Å². The van der Waals surface area contributed by atoms with Crippen LogP contribution >= 0.6 is 0 Å². The zero-order valence-electron chi connectivity index (χ0n) is 6.60. The Bertz CT molecular complexity index is 201. The second-order valence-corrected chi connectivity index (χ2v) is 1.36. The minimum Gasteiger partial charge on any atom is -0.284 e. The quantitative estimate of drug-likeness (QED) is 0.541. The van der Waals surface area contributed by atoms with E-state index in [0.717, 1.165) is 5.56 Å². The minimum absolute atomic E-state index is 0.938. The molecule has 1 N–H and O–H groups in total. The first-order valence-corrected chi connectivity index (χ1v) is 3.35. The van der Waals surface area contributed by atoms with Crippen LogP contribution in [0.1, 0.15) is 26.3 Å². The largest absolute Gasteiger partial charge is 0.284 e. The first-order valence-electron chi connectivity index (χ1n) is 3.35. The number of nitrogens with one attached hydrogen (secondary N) is 1. The molecule has 1 aromatic rings. The average molecular weight is 136 g/mol. The van der Waals surface area contributed by atoms with E-state index in [9.17, 15) is 0 Å². The van der Waals surface area contributed by atoms with Crippen molar-refractivity contribution >= 4 is 0 Å². The van der Waals surface area contributed by atoms with Crippen molar-refractivity contribution in [3.8, 4) is 11.8 Å². The topological polar surface area (TPSA) is 28.7 Å². The van der Waals surface area contributed by atoms with Crippen LogP contribution in [0.5, 0.6) is 0 Å². The highest BCUT2D eigenvalue weighted by Crippen LogP contribution is 1.86. The highest BCUT2D eigenvalue weighted by atomic mass is 15.1. The third-order valence-electron chi connectivity index (χ3n) is 0.768. The summed E-state index contributed by atoms with van der Waals surface area (Å²) < 4.78 is 0. The summed E-state index contributed by atoms with van der Waals surface area (Å²) in [6.45, 7) is 5.80. The van der Waals surface area contributed by atoms with Crippen LogP contribution in [0.4, 0.5) is 0 Å². The third kappa shape index (κ3) is 2.93. The molecular formula is C8H12N2. The van der Waals surface area contributed by atoms with Gasteiger partial charge in [0.2, 0.25) is 0 Å². The van der Waals surface area contributed by atoms with Gasteiger partial charge in [0.05, 0.1) is 11.8 Å². The number of nitrogens with zero attached hydrogens (tertiary/aromatic N) is 1. The Morgan fingerprint density at radius 1 is 1.50 bits per heavy atom. The van der Waals surface area contributed by atoms with Crippen LogP contribution in [-0.4, -0.2) is 10.2 Å². The Balaban J connectivity index is 0.000000371. The second-order valence-electron chi connectivity index (χ2n) is 1.36. The highest BCUT2D eigenvalue weighted by Gasteiger charge is 1.80. The fraction of sp³-hybridized carbons (Fsp3) is 0.375. The summed E-state index contributed by atoms with van der Waals surface area (Å²) in [4.78, 5) is 0. The van der Waals surface area contributed by atoms with E-state index in [1.54, 1.807) is 19.3 Å². The van der Waals surface area contributed by atoms with Crippen molar-refractivity contribution < 1.29 is 0 Å². The maximum Gasteiger partial charge on any atom is 0.0644 e. The van der Waals surface area contributed by atoms with Crippen LogP contribution < -0.4 is 0 Å². The number of hydrogen-bond acceptors (Lipinski definition) is 1. The molecule has 0 saturated heterocycles. The molecule has 0 amide bonds. The van der Waals surface area contributed by atoms with Gasteiger partial charge in [-0.15, -0.1) is 5.92 Å². The number of H-pyrrole nitrogens is 1. The Hall–Kier alpha value is -1.23. The molecule has 0 bridgehead atoms. The van der Waals surface area contributed by atoms with Gasteiger partial charge in [0.15, 0.2) is 0 Å². The molecule has 0 aliphatic rings. The molecule has 2 nitrogen and oxygen atoms in total. The monoisotopic (exact) mass is 136 g/mol. The number of aromatic nitrogens is 2. The van der Waals surface area contributed by atoms with E-state index in [2.05, 4.69) is 22.0 Å². The van der Waals surface area contributed by atoms with E-state index in [0.29, 0.717) is 0 Å². The normalized spacial score (nSPS) is 6.70. The molecule has 2 heteroatoms. The molecule has 1 aromatic heterocycles. The van der Waals surface area contributed by atoms with Crippen molar-refractivity contribution in [2.75, 3.05) is 0 Å². The molecule has 54 valence electrons. The van der Waals surface area contributed by atoms with Crippen molar-refractivity contribution in [3.63, 3.8) is 0 Å². The van der Waals surface area contributed by atoms with Gasteiger partial charge in [0.25, 0.3) is 0 Å². The summed E-state index contributed by atoms with van der Waals surface area (Å²) in [5, 5.41) is 6.38. The van der Waals surface area contributed by atoms with E-state index in [4.69, 9.17) is 0 Å². The molecule has 0 aliphatic carbocycles. The molecule has 1 rings (SSSR count). The van der Waals surface area contributed by atoms with Crippen molar-refractivity contribution in [3.05, 3.63) is 18.0 Å². The van der Waals surface area contributed by atoms with Gasteiger partial charge in [-0.3, -0.25) is 5.10 Å². The van der Waals surface area contributed by atoms with Gasteiger partial charge in [-0.05, 0) is 6.92 Å². The molecule has 0 spiro atoms. The third-order valence-corrected chi connectivity index (χ3v) is 0.768. The lowest BCUT2D eigenvalue weighted by molar-refractivity contribution is 1.09. The molecule has 0 aliphatic heterocycles. The minimum atomic E-state index is 0.938. The lowest BCUT2D eigenvalue weighted by Crippen LogP contribution is -1.59. The standard InChI is InChI=1S/C6H6N2.C2H6/c1-2-3-6-4-7-8-5-6;1-2/h4-5H,1H3,(H,7,8);1-2H3. The summed E-state index contributed by atoms with van der Waals surface area (Å²) >= 11 is 0. The van der Waals surface area contributed by atoms with Crippen molar-refractivity contribution in [2.45, 2.75) is 20.8 Å². The van der Waals surface area contributed by atoms with E-state index < -0.39 is 0 Å². The highest BCUT2D eigenvalue weighted by molar-refractivity contribution is 5.28. The maximum absolute atomic E-state index is 3.71. The van der Waals surface area contributed by atoms with Crippen LogP contribution in [0, 0.1) is 11.8 Å². The maximum atomic E-state index is 3.71. The summed E-state index contributed by atoms with van der Waals surface area (Å²) in [5.74, 6) is 5.60. The van der Waals surface area contributed by atoms with Gasteiger partial charge >= 0.3 is 0 Å². The summed E-state index contributed by atoms with van der Waals surface area (Å²) in [6.07, 6.45) is 3.45. The zero-order chi connectivity index (χ0) is 7.82. The smallest absolute Gasteiger partial charge is 0.0644 e. The van der Waals surface area contributed by atoms with Crippen molar-refractivity contribution in [1.29, 1.82) is 0 Å². The fourth-order valence-electron chi connectivity index (χ4n) is 0.464. The van der Waals surface area contributed by atoms with E-state index in [1.807, 2.05) is 13.8 Å². The zero-order valence-corrected chi connectivity index (χ0v) is 6.60. The van der Waals surface area contributed by atoms with E-state index in [-0.39, 0.29) is 0 Å². The molecule has 0 radical (unpaired) electrons. The summed E-state index contributed by atoms with van der Waals surface area (Å²) in [6, 6.07) is 0. The van der Waals surface area contributed by atoms with Gasteiger partial charge < -0.3 is 0 Å². The molecular weight excluding hydrogens is 124 g/mol. The molecule has 10 heavy (non-hydrogen) atoms. The Morgan fingerprint density at radius 3 is 2.60 bits per heavy atom. The second kappa shape index (κ2) is 5.90. The van der Waals surface area contributed by atoms with Gasteiger partial charge in [-0.25, -0.2) is 0 Å². The predicted molar refractivity (Wildman–Crippen MR) is 42.5 cm³/mol. The fourth-order valence-corrected chi connectivity index (χ4v) is 0.464. The predicted octanol–water partition coefficient (Wildman–Crippen LogP) is 1.81. The first-order chi connectivity index (χ1) is 4.93. The van der Waals surface area contributed by atoms with Gasteiger partial charge in [0.1, 0.15) is 0 Å². The molecule has 0 unspecified atom stereocenters. The van der Waals surface area contributed by atoms with Crippen molar-refractivity contribution in [1.82, 2.24) is 10.2 Å². The molecule has 0 aromatic carbocycles. The summed E-state index contributed by atoms with van der Waals surface area (Å²) in [5.41, 5.74) is 0.938. The number of aromatic amines is 1. The molecule has 0 saturated carbocycles. The lowest BCUT2D eigenvalue weighted by Gasteiger charge is -1.67. The first kappa shape index (κ1) is 8.77. The number of rotatable bonds is 0.